The third-order valence-electron chi connectivity index (χ3n) is 3.51. The molecule has 0 spiro atoms. The molecule has 0 bridgehead atoms. The van der Waals surface area contributed by atoms with Crippen LogP contribution in [0.1, 0.15) is 18.1 Å². The lowest BCUT2D eigenvalue weighted by molar-refractivity contribution is 0.785. The Morgan fingerprint density at radius 1 is 1.09 bits per heavy atom. The van der Waals surface area contributed by atoms with Gasteiger partial charge in [0.15, 0.2) is 5.65 Å². The van der Waals surface area contributed by atoms with Crippen LogP contribution in [0.2, 0.25) is 0 Å². The van der Waals surface area contributed by atoms with Crippen molar-refractivity contribution < 1.29 is 0 Å². The summed E-state index contributed by atoms with van der Waals surface area (Å²) in [5.41, 5.74) is 3.29. The number of nitrogens with zero attached hydrogens (tertiary/aromatic N) is 4. The average molecular weight is 296 g/mol. The Balaban J connectivity index is 1.89. The van der Waals surface area contributed by atoms with Crippen molar-refractivity contribution in [1.82, 2.24) is 19.7 Å². The van der Waals surface area contributed by atoms with E-state index in [1.165, 1.54) is 11.1 Å². The third-order valence-corrected chi connectivity index (χ3v) is 3.51. The highest BCUT2D eigenvalue weighted by Gasteiger charge is 2.11. The topological polar surface area (TPSA) is 67.7 Å². The van der Waals surface area contributed by atoms with Gasteiger partial charge in [0.25, 0.3) is 0 Å². The van der Waals surface area contributed by atoms with Crippen molar-refractivity contribution in [2.24, 2.45) is 7.05 Å². The molecular weight excluding hydrogens is 276 g/mol. The predicted molar refractivity (Wildman–Crippen MR) is 89.0 cm³/mol. The number of fused-ring (bicyclic) bond motifs is 1. The van der Waals surface area contributed by atoms with Gasteiger partial charge in [-0.15, -0.1) is 0 Å². The SMILES string of the molecule is CCNc1nc(NCc2ccc(C)cc2)c2cnn(C)c2n1. The van der Waals surface area contributed by atoms with Crippen LogP contribution in [0.3, 0.4) is 0 Å². The van der Waals surface area contributed by atoms with Crippen LogP contribution in [-0.2, 0) is 13.6 Å². The molecule has 3 aromatic rings. The van der Waals surface area contributed by atoms with Crippen molar-refractivity contribution >= 4 is 22.8 Å². The number of anilines is 2. The van der Waals surface area contributed by atoms with E-state index < -0.39 is 0 Å². The molecule has 6 nitrogen and oxygen atoms in total. The first-order chi connectivity index (χ1) is 10.7. The van der Waals surface area contributed by atoms with E-state index in [1.807, 2.05) is 14.0 Å². The molecule has 114 valence electrons. The maximum absolute atomic E-state index is 4.55. The van der Waals surface area contributed by atoms with Crippen molar-refractivity contribution in [3.63, 3.8) is 0 Å². The molecule has 2 N–H and O–H groups in total. The summed E-state index contributed by atoms with van der Waals surface area (Å²) in [5.74, 6) is 1.42. The van der Waals surface area contributed by atoms with Gasteiger partial charge >= 0.3 is 0 Å². The molecule has 22 heavy (non-hydrogen) atoms. The molecule has 0 radical (unpaired) electrons. The standard InChI is InChI=1S/C16H20N6/c1-4-17-16-20-14(13-10-19-22(3)15(13)21-16)18-9-12-7-5-11(2)6-8-12/h5-8,10H,4,9H2,1-3H3,(H2,17,18,20,21). The van der Waals surface area contributed by atoms with Crippen LogP contribution in [0, 0.1) is 6.92 Å². The van der Waals surface area contributed by atoms with E-state index >= 15 is 0 Å². The maximum atomic E-state index is 4.55. The summed E-state index contributed by atoms with van der Waals surface area (Å²) in [7, 11) is 1.88. The first-order valence-corrected chi connectivity index (χ1v) is 7.40. The molecule has 0 saturated heterocycles. The van der Waals surface area contributed by atoms with E-state index in [-0.39, 0.29) is 0 Å². The first-order valence-electron chi connectivity index (χ1n) is 7.40. The van der Waals surface area contributed by atoms with Crippen molar-refractivity contribution in [2.45, 2.75) is 20.4 Å². The molecule has 1 aromatic carbocycles. The van der Waals surface area contributed by atoms with Crippen LogP contribution in [0.25, 0.3) is 11.0 Å². The minimum atomic E-state index is 0.616. The Morgan fingerprint density at radius 2 is 1.86 bits per heavy atom. The number of nitrogens with one attached hydrogen (secondary N) is 2. The van der Waals surface area contributed by atoms with Crippen molar-refractivity contribution in [3.05, 3.63) is 41.6 Å². The van der Waals surface area contributed by atoms with Gasteiger partial charge in [0.05, 0.1) is 11.6 Å². The molecule has 0 aliphatic heterocycles. The van der Waals surface area contributed by atoms with E-state index in [1.54, 1.807) is 10.9 Å². The summed E-state index contributed by atoms with van der Waals surface area (Å²) in [6.45, 7) is 5.60. The van der Waals surface area contributed by atoms with Gasteiger partial charge in [0, 0.05) is 20.1 Å². The maximum Gasteiger partial charge on any atom is 0.226 e. The predicted octanol–water partition coefficient (Wildman–Crippen LogP) is 2.72. The summed E-state index contributed by atoms with van der Waals surface area (Å²) >= 11 is 0. The summed E-state index contributed by atoms with van der Waals surface area (Å²) in [6.07, 6.45) is 1.79. The second-order valence-electron chi connectivity index (χ2n) is 5.27. The summed E-state index contributed by atoms with van der Waals surface area (Å²) < 4.78 is 1.76. The lowest BCUT2D eigenvalue weighted by Crippen LogP contribution is -2.08. The minimum Gasteiger partial charge on any atom is -0.365 e. The number of hydrogen-bond donors (Lipinski definition) is 2. The molecule has 0 aliphatic carbocycles. The van der Waals surface area contributed by atoms with E-state index in [0.717, 1.165) is 23.4 Å². The van der Waals surface area contributed by atoms with E-state index in [2.05, 4.69) is 56.9 Å². The Morgan fingerprint density at radius 3 is 2.59 bits per heavy atom. The Bertz CT molecular complexity index is 775. The second-order valence-corrected chi connectivity index (χ2v) is 5.27. The molecule has 3 rings (SSSR count). The van der Waals surface area contributed by atoms with Gasteiger partial charge in [-0.1, -0.05) is 29.8 Å². The lowest BCUT2D eigenvalue weighted by atomic mass is 10.1. The normalized spacial score (nSPS) is 10.9. The summed E-state index contributed by atoms with van der Waals surface area (Å²) in [6, 6.07) is 8.46. The van der Waals surface area contributed by atoms with Gasteiger partial charge in [-0.2, -0.15) is 15.1 Å². The van der Waals surface area contributed by atoms with Gasteiger partial charge in [-0.3, -0.25) is 4.68 Å². The van der Waals surface area contributed by atoms with Crippen LogP contribution in [0.4, 0.5) is 11.8 Å². The molecule has 2 aromatic heterocycles. The number of aryl methyl sites for hydroxylation is 2. The molecule has 0 atom stereocenters. The molecule has 6 heteroatoms. The Labute approximate surface area is 129 Å². The van der Waals surface area contributed by atoms with Crippen LogP contribution in [0.5, 0.6) is 0 Å². The third kappa shape index (κ3) is 2.86. The molecule has 2 heterocycles. The van der Waals surface area contributed by atoms with Crippen LogP contribution in [-0.4, -0.2) is 26.3 Å². The zero-order chi connectivity index (χ0) is 15.5. The zero-order valence-corrected chi connectivity index (χ0v) is 13.1. The number of hydrogen-bond acceptors (Lipinski definition) is 5. The van der Waals surface area contributed by atoms with Gasteiger partial charge in [-0.05, 0) is 19.4 Å². The highest BCUT2D eigenvalue weighted by atomic mass is 15.3. The van der Waals surface area contributed by atoms with Crippen LogP contribution < -0.4 is 10.6 Å². The second kappa shape index (κ2) is 6.01. The van der Waals surface area contributed by atoms with E-state index in [4.69, 9.17) is 0 Å². The van der Waals surface area contributed by atoms with Crippen molar-refractivity contribution in [1.29, 1.82) is 0 Å². The molecule has 0 amide bonds. The molecular formula is C16H20N6. The quantitative estimate of drug-likeness (QED) is 0.757. The summed E-state index contributed by atoms with van der Waals surface area (Å²) in [5, 5.41) is 11.7. The van der Waals surface area contributed by atoms with Gasteiger partial charge in [-0.25, -0.2) is 0 Å². The smallest absolute Gasteiger partial charge is 0.226 e. The fourth-order valence-electron chi connectivity index (χ4n) is 2.29. The number of benzene rings is 1. The Kier molecular flexibility index (Phi) is 3.91. The Hall–Kier alpha value is -2.63. The number of aromatic nitrogens is 4. The van der Waals surface area contributed by atoms with Gasteiger partial charge in [0.2, 0.25) is 5.95 Å². The largest absolute Gasteiger partial charge is 0.365 e. The van der Waals surface area contributed by atoms with Crippen molar-refractivity contribution in [3.8, 4) is 0 Å². The minimum absolute atomic E-state index is 0.616. The fraction of sp³-hybridized carbons (Fsp3) is 0.312. The average Bonchev–Trinajstić information content (AvgIpc) is 2.89. The van der Waals surface area contributed by atoms with E-state index in [0.29, 0.717) is 12.5 Å². The number of rotatable bonds is 5. The summed E-state index contributed by atoms with van der Waals surface area (Å²) in [4.78, 5) is 9.04. The first kappa shape index (κ1) is 14.3. The molecule has 0 fully saturated rings. The highest BCUT2D eigenvalue weighted by molar-refractivity contribution is 5.87. The van der Waals surface area contributed by atoms with E-state index in [9.17, 15) is 0 Å². The van der Waals surface area contributed by atoms with Gasteiger partial charge in [0.1, 0.15) is 5.82 Å². The zero-order valence-electron chi connectivity index (χ0n) is 13.1. The molecule has 0 unspecified atom stereocenters. The lowest BCUT2D eigenvalue weighted by Gasteiger charge is -2.09. The van der Waals surface area contributed by atoms with Crippen molar-refractivity contribution in [2.75, 3.05) is 17.2 Å². The fourth-order valence-corrected chi connectivity index (χ4v) is 2.29. The monoisotopic (exact) mass is 296 g/mol. The molecule has 0 aliphatic rings. The van der Waals surface area contributed by atoms with Gasteiger partial charge < -0.3 is 10.6 Å². The molecule has 0 saturated carbocycles. The van der Waals surface area contributed by atoms with Crippen LogP contribution in [0.15, 0.2) is 30.5 Å². The van der Waals surface area contributed by atoms with Crippen LogP contribution >= 0.6 is 0 Å². The highest BCUT2D eigenvalue weighted by Crippen LogP contribution is 2.22.